The van der Waals surface area contributed by atoms with Gasteiger partial charge in [-0.15, -0.1) is 0 Å². The number of aromatic nitrogens is 2. The Bertz CT molecular complexity index is 587. The van der Waals surface area contributed by atoms with Crippen molar-refractivity contribution in [3.05, 3.63) is 48.3 Å². The van der Waals surface area contributed by atoms with Crippen molar-refractivity contribution in [3.63, 3.8) is 0 Å². The summed E-state index contributed by atoms with van der Waals surface area (Å²) in [5.41, 5.74) is 0.763. The molecule has 0 amide bonds. The molecule has 1 aromatic heterocycles. The van der Waals surface area contributed by atoms with E-state index in [1.54, 1.807) is 48.4 Å². The van der Waals surface area contributed by atoms with Crippen LogP contribution in [0.2, 0.25) is 0 Å². The van der Waals surface area contributed by atoms with Crippen LogP contribution in [0.5, 0.6) is 11.5 Å². The Morgan fingerprint density at radius 1 is 1.44 bits per heavy atom. The van der Waals surface area contributed by atoms with Gasteiger partial charge in [0.15, 0.2) is 5.75 Å². The van der Waals surface area contributed by atoms with Crippen LogP contribution < -0.4 is 4.74 Å². The standard InChI is InChI=1S/C13H12N2O3/c1-15-9-12(8-14-15)18-11-4-2-3-10(7-11)5-6-13(16)17/h2-9H,1H3,(H,16,17)/b6-5+. The monoisotopic (exact) mass is 244 g/mol. The molecule has 0 fully saturated rings. The van der Waals surface area contributed by atoms with Crippen LogP contribution in [0.4, 0.5) is 0 Å². The molecule has 1 aromatic carbocycles. The lowest BCUT2D eigenvalue weighted by molar-refractivity contribution is -0.131. The summed E-state index contributed by atoms with van der Waals surface area (Å²) < 4.78 is 7.22. The van der Waals surface area contributed by atoms with Crippen molar-refractivity contribution in [1.29, 1.82) is 0 Å². The molecular formula is C13H12N2O3. The van der Waals surface area contributed by atoms with Crippen molar-refractivity contribution in [3.8, 4) is 11.5 Å². The predicted octanol–water partition coefficient (Wildman–Crippen LogP) is 2.31. The van der Waals surface area contributed by atoms with Gasteiger partial charge in [0.1, 0.15) is 5.75 Å². The molecule has 0 aliphatic heterocycles. The molecule has 2 aromatic rings. The molecule has 5 nitrogen and oxygen atoms in total. The Morgan fingerprint density at radius 3 is 2.94 bits per heavy atom. The average Bonchev–Trinajstić information content (AvgIpc) is 2.73. The highest BCUT2D eigenvalue weighted by Crippen LogP contribution is 2.21. The number of aryl methyl sites for hydroxylation is 1. The summed E-state index contributed by atoms with van der Waals surface area (Å²) in [6.07, 6.45) is 5.96. The molecule has 1 N–H and O–H groups in total. The Kier molecular flexibility index (Phi) is 3.43. The number of carbonyl (C=O) groups is 1. The van der Waals surface area contributed by atoms with E-state index >= 15 is 0 Å². The topological polar surface area (TPSA) is 64.3 Å². The van der Waals surface area contributed by atoms with E-state index in [0.29, 0.717) is 11.5 Å². The van der Waals surface area contributed by atoms with Gasteiger partial charge in [-0.2, -0.15) is 5.10 Å². The lowest BCUT2D eigenvalue weighted by Gasteiger charge is -2.03. The number of carboxylic acids is 1. The van der Waals surface area contributed by atoms with E-state index in [1.165, 1.54) is 6.08 Å². The van der Waals surface area contributed by atoms with E-state index in [-0.39, 0.29) is 0 Å². The van der Waals surface area contributed by atoms with E-state index in [9.17, 15) is 4.79 Å². The molecular weight excluding hydrogens is 232 g/mol. The molecule has 0 spiro atoms. The minimum atomic E-state index is -0.978. The van der Waals surface area contributed by atoms with Crippen molar-refractivity contribution < 1.29 is 14.6 Å². The van der Waals surface area contributed by atoms with Crippen molar-refractivity contribution in [2.45, 2.75) is 0 Å². The lowest BCUT2D eigenvalue weighted by atomic mass is 10.2. The third kappa shape index (κ3) is 3.21. The van der Waals surface area contributed by atoms with E-state index < -0.39 is 5.97 Å². The fourth-order valence-corrected chi connectivity index (χ4v) is 1.44. The highest BCUT2D eigenvalue weighted by Gasteiger charge is 2.00. The SMILES string of the molecule is Cn1cc(Oc2cccc(/C=C/C(=O)O)c2)cn1. The van der Waals surface area contributed by atoms with E-state index in [1.807, 2.05) is 0 Å². The van der Waals surface area contributed by atoms with E-state index in [0.717, 1.165) is 11.6 Å². The second-order valence-electron chi connectivity index (χ2n) is 3.70. The molecule has 1 heterocycles. The highest BCUT2D eigenvalue weighted by atomic mass is 16.5. The number of nitrogens with zero attached hydrogens (tertiary/aromatic N) is 2. The molecule has 0 aliphatic rings. The van der Waals surface area contributed by atoms with Crippen LogP contribution in [-0.4, -0.2) is 20.9 Å². The summed E-state index contributed by atoms with van der Waals surface area (Å²) in [5, 5.41) is 12.5. The van der Waals surface area contributed by atoms with Gasteiger partial charge in [0.2, 0.25) is 0 Å². The molecule has 0 radical (unpaired) electrons. The van der Waals surface area contributed by atoms with Crippen LogP contribution in [0.25, 0.3) is 6.08 Å². The van der Waals surface area contributed by atoms with E-state index in [4.69, 9.17) is 9.84 Å². The first-order valence-electron chi connectivity index (χ1n) is 5.31. The number of benzene rings is 1. The molecule has 0 aliphatic carbocycles. The summed E-state index contributed by atoms with van der Waals surface area (Å²) in [5.74, 6) is 0.293. The minimum Gasteiger partial charge on any atom is -0.478 e. The maximum Gasteiger partial charge on any atom is 0.328 e. The second kappa shape index (κ2) is 5.18. The Balaban J connectivity index is 2.14. The Labute approximate surface area is 104 Å². The zero-order chi connectivity index (χ0) is 13.0. The molecule has 0 bridgehead atoms. The molecule has 18 heavy (non-hydrogen) atoms. The average molecular weight is 244 g/mol. The van der Waals surface area contributed by atoms with Gasteiger partial charge in [-0.05, 0) is 23.8 Å². The van der Waals surface area contributed by atoms with Gasteiger partial charge in [-0.25, -0.2) is 4.79 Å². The molecule has 92 valence electrons. The zero-order valence-electron chi connectivity index (χ0n) is 9.78. The van der Waals surface area contributed by atoms with Crippen LogP contribution in [-0.2, 0) is 11.8 Å². The van der Waals surface area contributed by atoms with Crippen molar-refractivity contribution in [2.75, 3.05) is 0 Å². The number of rotatable bonds is 4. The zero-order valence-corrected chi connectivity index (χ0v) is 9.78. The molecule has 0 unspecified atom stereocenters. The first-order valence-corrected chi connectivity index (χ1v) is 5.31. The third-order valence-corrected chi connectivity index (χ3v) is 2.19. The first kappa shape index (κ1) is 11.9. The van der Waals surface area contributed by atoms with Crippen LogP contribution in [0.15, 0.2) is 42.7 Å². The Hall–Kier alpha value is -2.56. The number of hydrogen-bond acceptors (Lipinski definition) is 3. The van der Waals surface area contributed by atoms with Gasteiger partial charge in [0, 0.05) is 13.1 Å². The second-order valence-corrected chi connectivity index (χ2v) is 3.70. The summed E-state index contributed by atoms with van der Waals surface area (Å²) in [6.45, 7) is 0. The largest absolute Gasteiger partial charge is 0.478 e. The number of ether oxygens (including phenoxy) is 1. The highest BCUT2D eigenvalue weighted by molar-refractivity contribution is 5.85. The van der Waals surface area contributed by atoms with E-state index in [2.05, 4.69) is 5.10 Å². The van der Waals surface area contributed by atoms with Crippen LogP contribution in [0, 0.1) is 0 Å². The van der Waals surface area contributed by atoms with Gasteiger partial charge in [0.05, 0.1) is 12.4 Å². The van der Waals surface area contributed by atoms with Crippen molar-refractivity contribution >= 4 is 12.0 Å². The smallest absolute Gasteiger partial charge is 0.328 e. The molecule has 5 heteroatoms. The fourth-order valence-electron chi connectivity index (χ4n) is 1.44. The number of hydrogen-bond donors (Lipinski definition) is 1. The number of aliphatic carboxylic acids is 1. The fraction of sp³-hybridized carbons (Fsp3) is 0.0769. The van der Waals surface area contributed by atoms with Crippen LogP contribution in [0.3, 0.4) is 0 Å². The van der Waals surface area contributed by atoms with Crippen molar-refractivity contribution in [2.24, 2.45) is 7.05 Å². The number of carboxylic acid groups (broad SMARTS) is 1. The first-order chi connectivity index (χ1) is 8.63. The quantitative estimate of drug-likeness (QED) is 0.838. The summed E-state index contributed by atoms with van der Waals surface area (Å²) in [6, 6.07) is 7.15. The predicted molar refractivity (Wildman–Crippen MR) is 66.4 cm³/mol. The lowest BCUT2D eigenvalue weighted by Crippen LogP contribution is -1.87. The molecule has 0 atom stereocenters. The summed E-state index contributed by atoms with van der Waals surface area (Å²) in [7, 11) is 1.80. The van der Waals surface area contributed by atoms with Gasteiger partial charge in [-0.3, -0.25) is 4.68 Å². The third-order valence-electron chi connectivity index (χ3n) is 2.19. The summed E-state index contributed by atoms with van der Waals surface area (Å²) >= 11 is 0. The van der Waals surface area contributed by atoms with Gasteiger partial charge < -0.3 is 9.84 Å². The van der Waals surface area contributed by atoms with Crippen LogP contribution in [0.1, 0.15) is 5.56 Å². The van der Waals surface area contributed by atoms with Crippen molar-refractivity contribution in [1.82, 2.24) is 9.78 Å². The van der Waals surface area contributed by atoms with Gasteiger partial charge >= 0.3 is 5.97 Å². The van der Waals surface area contributed by atoms with Crippen LogP contribution >= 0.6 is 0 Å². The van der Waals surface area contributed by atoms with Gasteiger partial charge in [0.25, 0.3) is 0 Å². The Morgan fingerprint density at radius 2 is 2.28 bits per heavy atom. The normalized spacial score (nSPS) is 10.7. The molecule has 2 rings (SSSR count). The minimum absolute atomic E-state index is 0.635. The molecule has 0 saturated carbocycles. The maximum atomic E-state index is 10.4. The molecule has 0 saturated heterocycles. The van der Waals surface area contributed by atoms with Gasteiger partial charge in [-0.1, -0.05) is 12.1 Å². The maximum absolute atomic E-state index is 10.4. The summed E-state index contributed by atoms with van der Waals surface area (Å²) in [4.78, 5) is 10.4.